The fourth-order valence-electron chi connectivity index (χ4n) is 2.04. The minimum atomic E-state index is -3.68. The van der Waals surface area contributed by atoms with Crippen molar-refractivity contribution in [1.29, 1.82) is 0 Å². The van der Waals surface area contributed by atoms with Gasteiger partial charge in [0.25, 0.3) is 0 Å². The van der Waals surface area contributed by atoms with Crippen molar-refractivity contribution in [2.75, 3.05) is 0 Å². The van der Waals surface area contributed by atoms with Gasteiger partial charge in [0.05, 0.1) is 4.90 Å². The van der Waals surface area contributed by atoms with Gasteiger partial charge in [-0.3, -0.25) is 4.98 Å². The summed E-state index contributed by atoms with van der Waals surface area (Å²) in [4.78, 5) is 5.25. The van der Waals surface area contributed by atoms with Crippen LogP contribution in [0.25, 0.3) is 10.4 Å². The van der Waals surface area contributed by atoms with E-state index in [2.05, 4.69) is 9.71 Å². The lowest BCUT2D eigenvalue weighted by atomic mass is 10.2. The lowest BCUT2D eigenvalue weighted by Crippen LogP contribution is -2.23. The molecule has 2 heterocycles. The molecule has 0 radical (unpaired) electrons. The van der Waals surface area contributed by atoms with Crippen LogP contribution in [-0.2, 0) is 16.6 Å². The molecule has 3 aromatic rings. The van der Waals surface area contributed by atoms with Crippen molar-refractivity contribution in [3.8, 4) is 10.4 Å². The smallest absolute Gasteiger partial charge is 0.240 e. The molecule has 0 aliphatic carbocycles. The third-order valence-corrected chi connectivity index (χ3v) is 5.53. The summed E-state index contributed by atoms with van der Waals surface area (Å²) < 4.78 is 39.7. The Kier molecular flexibility index (Phi) is 4.51. The Morgan fingerprint density at radius 2 is 1.91 bits per heavy atom. The molecule has 3 rings (SSSR count). The molecule has 0 fully saturated rings. The van der Waals surface area contributed by atoms with E-state index in [0.29, 0.717) is 0 Å². The van der Waals surface area contributed by atoms with Crippen LogP contribution in [-0.4, -0.2) is 13.4 Å². The standard InChI is InChI=1S/C16H13FN2O2S2/c17-14-3-5-15(6-4-14)23(20,21)19-10-12-8-13(11-18-9-12)16-2-1-7-22-16/h1-9,11,19H,10H2. The number of nitrogens with one attached hydrogen (secondary N) is 1. The van der Waals surface area contributed by atoms with Crippen LogP contribution in [0, 0.1) is 5.82 Å². The number of aromatic nitrogens is 1. The molecule has 0 bridgehead atoms. The van der Waals surface area contributed by atoms with Gasteiger partial charge in [0.1, 0.15) is 5.82 Å². The minimum absolute atomic E-state index is 0.0290. The van der Waals surface area contributed by atoms with Gasteiger partial charge in [-0.25, -0.2) is 17.5 Å². The predicted octanol–water partition coefficient (Wildman–Crippen LogP) is 3.43. The Morgan fingerprint density at radius 1 is 1.13 bits per heavy atom. The molecular formula is C16H13FN2O2S2. The molecule has 4 nitrogen and oxygen atoms in total. The first-order valence-electron chi connectivity index (χ1n) is 6.78. The minimum Gasteiger partial charge on any atom is -0.264 e. The monoisotopic (exact) mass is 348 g/mol. The summed E-state index contributed by atoms with van der Waals surface area (Å²) in [5.74, 6) is -0.475. The molecule has 1 aromatic carbocycles. The van der Waals surface area contributed by atoms with E-state index in [1.54, 1.807) is 23.7 Å². The van der Waals surface area contributed by atoms with E-state index in [-0.39, 0.29) is 11.4 Å². The maximum Gasteiger partial charge on any atom is 0.240 e. The fraction of sp³-hybridized carbons (Fsp3) is 0.0625. The number of pyridine rings is 1. The first-order valence-corrected chi connectivity index (χ1v) is 9.14. The van der Waals surface area contributed by atoms with Gasteiger partial charge in [-0.2, -0.15) is 0 Å². The molecule has 23 heavy (non-hydrogen) atoms. The van der Waals surface area contributed by atoms with Crippen LogP contribution in [0.4, 0.5) is 4.39 Å². The van der Waals surface area contributed by atoms with Gasteiger partial charge >= 0.3 is 0 Å². The summed E-state index contributed by atoms with van der Waals surface area (Å²) in [6.07, 6.45) is 3.36. The molecule has 0 spiro atoms. The summed E-state index contributed by atoms with van der Waals surface area (Å²) in [5, 5.41) is 1.97. The van der Waals surface area contributed by atoms with Crippen molar-refractivity contribution in [2.45, 2.75) is 11.4 Å². The van der Waals surface area contributed by atoms with Crippen LogP contribution in [0.1, 0.15) is 5.56 Å². The topological polar surface area (TPSA) is 59.1 Å². The average Bonchev–Trinajstić information content (AvgIpc) is 3.08. The zero-order valence-corrected chi connectivity index (χ0v) is 13.6. The highest BCUT2D eigenvalue weighted by molar-refractivity contribution is 7.89. The number of hydrogen-bond donors (Lipinski definition) is 1. The number of thiophene rings is 1. The normalized spacial score (nSPS) is 11.5. The summed E-state index contributed by atoms with van der Waals surface area (Å²) in [5.41, 5.74) is 1.69. The molecule has 0 aliphatic rings. The van der Waals surface area contributed by atoms with Gasteiger partial charge in [-0.15, -0.1) is 11.3 Å². The Balaban J connectivity index is 1.75. The predicted molar refractivity (Wildman–Crippen MR) is 88.0 cm³/mol. The van der Waals surface area contributed by atoms with Crippen molar-refractivity contribution in [3.63, 3.8) is 0 Å². The highest BCUT2D eigenvalue weighted by Gasteiger charge is 2.13. The van der Waals surface area contributed by atoms with Crippen molar-refractivity contribution < 1.29 is 12.8 Å². The number of hydrogen-bond acceptors (Lipinski definition) is 4. The number of nitrogens with zero attached hydrogens (tertiary/aromatic N) is 1. The quantitative estimate of drug-likeness (QED) is 0.768. The summed E-state index contributed by atoms with van der Waals surface area (Å²) >= 11 is 1.59. The molecule has 0 saturated heterocycles. The number of halogens is 1. The second-order valence-electron chi connectivity index (χ2n) is 4.84. The van der Waals surface area contributed by atoms with Crippen molar-refractivity contribution in [3.05, 3.63) is 71.6 Å². The molecule has 0 saturated carbocycles. The van der Waals surface area contributed by atoms with Crippen LogP contribution < -0.4 is 4.72 Å². The second-order valence-corrected chi connectivity index (χ2v) is 7.55. The average molecular weight is 348 g/mol. The lowest BCUT2D eigenvalue weighted by Gasteiger charge is -2.07. The molecule has 0 atom stereocenters. The zero-order valence-electron chi connectivity index (χ0n) is 11.9. The zero-order chi connectivity index (χ0) is 16.3. The summed E-state index contributed by atoms with van der Waals surface area (Å²) in [6, 6.07) is 10.5. The van der Waals surface area contributed by atoms with Gasteiger partial charge in [-0.1, -0.05) is 6.07 Å². The molecular weight excluding hydrogens is 335 g/mol. The summed E-state index contributed by atoms with van der Waals surface area (Å²) in [6.45, 7) is 0.117. The van der Waals surface area contributed by atoms with Gasteiger partial charge < -0.3 is 0 Å². The number of benzene rings is 1. The highest BCUT2D eigenvalue weighted by Crippen LogP contribution is 2.24. The van der Waals surface area contributed by atoms with Crippen LogP contribution in [0.3, 0.4) is 0 Å². The Morgan fingerprint density at radius 3 is 2.61 bits per heavy atom. The fourth-order valence-corrected chi connectivity index (χ4v) is 3.76. The van der Waals surface area contributed by atoms with Crippen LogP contribution in [0.5, 0.6) is 0 Å². The first kappa shape index (κ1) is 15.8. The highest BCUT2D eigenvalue weighted by atomic mass is 32.2. The summed E-state index contributed by atoms with van der Waals surface area (Å²) in [7, 11) is -3.68. The van der Waals surface area contributed by atoms with E-state index < -0.39 is 15.8 Å². The van der Waals surface area contributed by atoms with E-state index >= 15 is 0 Å². The van der Waals surface area contributed by atoms with E-state index in [1.807, 2.05) is 23.6 Å². The number of sulfonamides is 1. The Labute approximate surface area is 137 Å². The molecule has 0 aliphatic heterocycles. The SMILES string of the molecule is O=S(=O)(NCc1cncc(-c2cccs2)c1)c1ccc(F)cc1. The molecule has 0 amide bonds. The first-order chi connectivity index (χ1) is 11.0. The molecule has 7 heteroatoms. The van der Waals surface area contributed by atoms with Gasteiger partial charge in [0, 0.05) is 29.4 Å². The Hall–Kier alpha value is -2.09. The molecule has 0 unspecified atom stereocenters. The van der Waals surface area contributed by atoms with E-state index in [1.165, 1.54) is 12.1 Å². The van der Waals surface area contributed by atoms with Crippen molar-refractivity contribution in [1.82, 2.24) is 9.71 Å². The molecule has 118 valence electrons. The molecule has 2 aromatic heterocycles. The molecule has 1 N–H and O–H groups in total. The van der Waals surface area contributed by atoms with Crippen LogP contribution >= 0.6 is 11.3 Å². The van der Waals surface area contributed by atoms with Gasteiger partial charge in [-0.05, 0) is 47.3 Å². The van der Waals surface area contributed by atoms with E-state index in [0.717, 1.165) is 28.1 Å². The van der Waals surface area contributed by atoms with E-state index in [4.69, 9.17) is 0 Å². The van der Waals surface area contributed by atoms with Gasteiger partial charge in [0.2, 0.25) is 10.0 Å². The maximum atomic E-state index is 12.9. The largest absolute Gasteiger partial charge is 0.264 e. The van der Waals surface area contributed by atoms with E-state index in [9.17, 15) is 12.8 Å². The third-order valence-electron chi connectivity index (χ3n) is 3.19. The van der Waals surface area contributed by atoms with Crippen molar-refractivity contribution >= 4 is 21.4 Å². The van der Waals surface area contributed by atoms with Crippen LogP contribution in [0.15, 0.2) is 65.1 Å². The van der Waals surface area contributed by atoms with Crippen molar-refractivity contribution in [2.24, 2.45) is 0 Å². The third kappa shape index (κ3) is 3.82. The lowest BCUT2D eigenvalue weighted by molar-refractivity contribution is 0.580. The number of rotatable bonds is 5. The Bertz CT molecular complexity index is 892. The van der Waals surface area contributed by atoms with Gasteiger partial charge in [0.15, 0.2) is 0 Å². The maximum absolute atomic E-state index is 12.9. The second kappa shape index (κ2) is 6.57. The van der Waals surface area contributed by atoms with Crippen LogP contribution in [0.2, 0.25) is 0 Å².